The van der Waals surface area contributed by atoms with Crippen molar-refractivity contribution in [3.05, 3.63) is 60.4 Å². The van der Waals surface area contributed by atoms with Gasteiger partial charge >= 0.3 is 0 Å². The summed E-state index contributed by atoms with van der Waals surface area (Å²) in [5.74, 6) is 1.23. The third-order valence-electron chi connectivity index (χ3n) is 3.03. The van der Waals surface area contributed by atoms with Gasteiger partial charge in [-0.25, -0.2) is 0 Å². The Morgan fingerprint density at radius 3 is 2.60 bits per heavy atom. The number of anilines is 1. The van der Waals surface area contributed by atoms with Crippen LogP contribution >= 0.6 is 0 Å². The molecule has 4 heteroatoms. The zero-order valence-corrected chi connectivity index (χ0v) is 10.6. The highest BCUT2D eigenvalue weighted by atomic mass is 16.5. The minimum absolute atomic E-state index is 0.578. The molecule has 0 amide bonds. The number of fused-ring (bicyclic) bond motifs is 1. The molecule has 3 aromatic rings. The second-order valence-electron chi connectivity index (χ2n) is 4.31. The zero-order chi connectivity index (χ0) is 13.9. The molecule has 20 heavy (non-hydrogen) atoms. The van der Waals surface area contributed by atoms with E-state index in [0.29, 0.717) is 22.7 Å². The Kier molecular flexibility index (Phi) is 2.94. The Balaban J connectivity index is 1.98. The topological polar surface area (TPSA) is 71.9 Å². The van der Waals surface area contributed by atoms with Crippen LogP contribution in [0.3, 0.4) is 0 Å². The molecule has 0 bridgehead atoms. The molecule has 4 nitrogen and oxygen atoms in total. The fraction of sp³-hybridized carbons (Fsp3) is 0. The zero-order valence-electron chi connectivity index (χ0n) is 10.6. The van der Waals surface area contributed by atoms with Crippen molar-refractivity contribution in [3.8, 4) is 17.6 Å². The van der Waals surface area contributed by atoms with Crippen molar-refractivity contribution in [1.82, 2.24) is 4.98 Å². The molecule has 2 aromatic carbocycles. The smallest absolute Gasteiger partial charge is 0.150 e. The lowest BCUT2D eigenvalue weighted by Crippen LogP contribution is -1.93. The Morgan fingerprint density at radius 2 is 1.85 bits per heavy atom. The summed E-state index contributed by atoms with van der Waals surface area (Å²) in [6, 6.07) is 14.6. The number of nitrogens with zero attached hydrogens (tertiary/aromatic N) is 2. The van der Waals surface area contributed by atoms with Crippen molar-refractivity contribution in [3.63, 3.8) is 0 Å². The fourth-order valence-corrected chi connectivity index (χ4v) is 1.99. The summed E-state index contributed by atoms with van der Waals surface area (Å²) in [5.41, 5.74) is 7.29. The first kappa shape index (κ1) is 12.0. The van der Waals surface area contributed by atoms with Crippen molar-refractivity contribution in [2.24, 2.45) is 0 Å². The maximum absolute atomic E-state index is 8.76. The van der Waals surface area contributed by atoms with Crippen LogP contribution in [0.15, 0.2) is 54.9 Å². The first-order valence-electron chi connectivity index (χ1n) is 6.08. The number of pyridine rings is 1. The molecule has 0 saturated heterocycles. The molecule has 0 aliphatic carbocycles. The van der Waals surface area contributed by atoms with E-state index in [1.54, 1.807) is 36.7 Å². The maximum Gasteiger partial charge on any atom is 0.150 e. The van der Waals surface area contributed by atoms with E-state index in [1.165, 1.54) is 0 Å². The van der Waals surface area contributed by atoms with Gasteiger partial charge < -0.3 is 10.5 Å². The van der Waals surface area contributed by atoms with Gasteiger partial charge in [-0.3, -0.25) is 4.98 Å². The van der Waals surface area contributed by atoms with Gasteiger partial charge in [0.25, 0.3) is 0 Å². The Bertz CT molecular complexity index is 804. The second kappa shape index (κ2) is 4.90. The van der Waals surface area contributed by atoms with Crippen LogP contribution in [0.25, 0.3) is 10.8 Å². The van der Waals surface area contributed by atoms with Gasteiger partial charge in [-0.05, 0) is 42.5 Å². The van der Waals surface area contributed by atoms with Crippen molar-refractivity contribution in [1.29, 1.82) is 5.26 Å². The van der Waals surface area contributed by atoms with Crippen molar-refractivity contribution >= 4 is 16.5 Å². The van der Waals surface area contributed by atoms with Crippen molar-refractivity contribution in [2.75, 3.05) is 5.73 Å². The molecule has 96 valence electrons. The van der Waals surface area contributed by atoms with Gasteiger partial charge in [0.05, 0.1) is 17.3 Å². The number of nitrogens with two attached hydrogens (primary N) is 1. The van der Waals surface area contributed by atoms with Gasteiger partial charge in [0, 0.05) is 23.2 Å². The number of ether oxygens (including phenoxy) is 1. The number of rotatable bonds is 2. The minimum Gasteiger partial charge on any atom is -0.455 e. The largest absolute Gasteiger partial charge is 0.455 e. The SMILES string of the molecule is N#Cc1ccc(Oc2ccc3cnccc3c2N)cc1. The van der Waals surface area contributed by atoms with Gasteiger partial charge in [0.15, 0.2) is 5.75 Å². The molecular formula is C16H11N3O. The number of nitriles is 1. The molecule has 0 radical (unpaired) electrons. The summed E-state index contributed by atoms with van der Waals surface area (Å²) in [4.78, 5) is 4.06. The Hall–Kier alpha value is -3.06. The highest BCUT2D eigenvalue weighted by molar-refractivity contribution is 5.95. The monoisotopic (exact) mass is 261 g/mol. The molecule has 1 aromatic heterocycles. The van der Waals surface area contributed by atoms with Crippen LogP contribution in [0.2, 0.25) is 0 Å². The van der Waals surface area contributed by atoms with Crippen LogP contribution in [-0.2, 0) is 0 Å². The van der Waals surface area contributed by atoms with Gasteiger partial charge in [0.1, 0.15) is 5.75 Å². The van der Waals surface area contributed by atoms with Crippen LogP contribution in [0, 0.1) is 11.3 Å². The van der Waals surface area contributed by atoms with E-state index < -0.39 is 0 Å². The molecule has 3 rings (SSSR count). The third-order valence-corrected chi connectivity index (χ3v) is 3.03. The molecule has 0 aliphatic heterocycles. The van der Waals surface area contributed by atoms with Crippen LogP contribution < -0.4 is 10.5 Å². The molecule has 0 saturated carbocycles. The van der Waals surface area contributed by atoms with E-state index in [1.807, 2.05) is 18.2 Å². The molecule has 0 unspecified atom stereocenters. The molecule has 0 aliphatic rings. The molecular weight excluding hydrogens is 250 g/mol. The first-order chi connectivity index (χ1) is 9.78. The number of aromatic nitrogens is 1. The molecule has 0 atom stereocenters. The lowest BCUT2D eigenvalue weighted by Gasteiger charge is -2.10. The van der Waals surface area contributed by atoms with Gasteiger partial charge in [-0.1, -0.05) is 0 Å². The fourth-order valence-electron chi connectivity index (χ4n) is 1.99. The van der Waals surface area contributed by atoms with E-state index in [4.69, 9.17) is 15.7 Å². The summed E-state index contributed by atoms with van der Waals surface area (Å²) in [6.45, 7) is 0. The van der Waals surface area contributed by atoms with Crippen LogP contribution in [-0.4, -0.2) is 4.98 Å². The molecule has 2 N–H and O–H groups in total. The summed E-state index contributed by atoms with van der Waals surface area (Å²) in [5, 5.41) is 10.6. The average Bonchev–Trinajstić information content (AvgIpc) is 2.51. The summed E-state index contributed by atoms with van der Waals surface area (Å²) >= 11 is 0. The third kappa shape index (κ3) is 2.13. The predicted octanol–water partition coefficient (Wildman–Crippen LogP) is 3.48. The Labute approximate surface area is 116 Å². The lowest BCUT2D eigenvalue weighted by molar-refractivity contribution is 0.485. The first-order valence-corrected chi connectivity index (χ1v) is 6.08. The number of hydrogen-bond donors (Lipinski definition) is 1. The lowest BCUT2D eigenvalue weighted by atomic mass is 10.1. The maximum atomic E-state index is 8.76. The highest BCUT2D eigenvalue weighted by Crippen LogP contribution is 2.33. The van der Waals surface area contributed by atoms with E-state index in [0.717, 1.165) is 10.8 Å². The summed E-state index contributed by atoms with van der Waals surface area (Å²) < 4.78 is 5.76. The predicted molar refractivity (Wildman–Crippen MR) is 77.4 cm³/mol. The number of nitrogen functional groups attached to an aromatic ring is 1. The Morgan fingerprint density at radius 1 is 1.05 bits per heavy atom. The van der Waals surface area contributed by atoms with Crippen molar-refractivity contribution in [2.45, 2.75) is 0 Å². The van der Waals surface area contributed by atoms with Gasteiger partial charge in [0.2, 0.25) is 0 Å². The minimum atomic E-state index is 0.578. The second-order valence-corrected chi connectivity index (χ2v) is 4.31. The molecule has 1 heterocycles. The van der Waals surface area contributed by atoms with Crippen LogP contribution in [0.4, 0.5) is 5.69 Å². The molecule has 0 spiro atoms. The van der Waals surface area contributed by atoms with Gasteiger partial charge in [-0.2, -0.15) is 5.26 Å². The van der Waals surface area contributed by atoms with E-state index >= 15 is 0 Å². The van der Waals surface area contributed by atoms with E-state index in [-0.39, 0.29) is 0 Å². The standard InChI is InChI=1S/C16H11N3O/c17-9-11-1-4-13(5-2-11)20-15-6-3-12-10-19-8-7-14(12)16(15)18/h1-8,10H,18H2. The van der Waals surface area contributed by atoms with E-state index in [2.05, 4.69) is 11.1 Å². The molecule has 0 fully saturated rings. The van der Waals surface area contributed by atoms with Crippen LogP contribution in [0.1, 0.15) is 5.56 Å². The summed E-state index contributed by atoms with van der Waals surface area (Å²) in [6.07, 6.45) is 3.46. The number of hydrogen-bond acceptors (Lipinski definition) is 4. The number of benzene rings is 2. The van der Waals surface area contributed by atoms with Crippen LogP contribution in [0.5, 0.6) is 11.5 Å². The van der Waals surface area contributed by atoms with Gasteiger partial charge in [-0.15, -0.1) is 0 Å². The normalized spacial score (nSPS) is 10.2. The van der Waals surface area contributed by atoms with E-state index in [9.17, 15) is 0 Å². The van der Waals surface area contributed by atoms with Crippen molar-refractivity contribution < 1.29 is 4.74 Å². The average molecular weight is 261 g/mol. The highest BCUT2D eigenvalue weighted by Gasteiger charge is 2.06. The quantitative estimate of drug-likeness (QED) is 0.717. The summed E-state index contributed by atoms with van der Waals surface area (Å²) in [7, 11) is 0.